The molecule has 2 amide bonds. The van der Waals surface area contributed by atoms with Gasteiger partial charge in [0.1, 0.15) is 11.3 Å². The normalized spacial score (nSPS) is 10.8. The van der Waals surface area contributed by atoms with E-state index < -0.39 is 5.91 Å². The van der Waals surface area contributed by atoms with Crippen LogP contribution in [0.15, 0.2) is 83.8 Å². The number of aromatic hydroxyl groups is 1. The summed E-state index contributed by atoms with van der Waals surface area (Å²) in [4.78, 5) is 38.2. The molecule has 0 saturated heterocycles. The van der Waals surface area contributed by atoms with Gasteiger partial charge >= 0.3 is 0 Å². The largest absolute Gasteiger partial charge is 0.506 e. The minimum Gasteiger partial charge on any atom is -0.506 e. The minimum absolute atomic E-state index is 0.00298. The fourth-order valence-corrected chi connectivity index (χ4v) is 4.03. The number of nitrogens with one attached hydrogen (secondary N) is 2. The Morgan fingerprint density at radius 3 is 2.31 bits per heavy atom. The van der Waals surface area contributed by atoms with Crippen LogP contribution in [-0.2, 0) is 11.3 Å². The highest BCUT2D eigenvalue weighted by atomic mass is 16.3. The summed E-state index contributed by atoms with van der Waals surface area (Å²) >= 11 is 0. The van der Waals surface area contributed by atoms with Crippen molar-refractivity contribution in [2.24, 2.45) is 0 Å². The Labute approximate surface area is 208 Å². The second-order valence-electron chi connectivity index (χ2n) is 8.50. The molecule has 1 heterocycles. The van der Waals surface area contributed by atoms with E-state index in [0.717, 1.165) is 18.4 Å². The van der Waals surface area contributed by atoms with E-state index in [9.17, 15) is 19.5 Å². The van der Waals surface area contributed by atoms with Crippen LogP contribution in [0, 0.1) is 0 Å². The molecule has 1 aromatic heterocycles. The average molecular weight is 485 g/mol. The maximum absolute atomic E-state index is 13.0. The Morgan fingerprint density at radius 2 is 1.53 bits per heavy atom. The molecule has 0 radical (unpaired) electrons. The smallest absolute Gasteiger partial charge is 0.261 e. The van der Waals surface area contributed by atoms with Gasteiger partial charge < -0.3 is 26.0 Å². The number of fused-ring (bicyclic) bond motifs is 1. The summed E-state index contributed by atoms with van der Waals surface area (Å²) in [5, 5.41) is 15.9. The maximum atomic E-state index is 13.0. The van der Waals surface area contributed by atoms with Gasteiger partial charge in [-0.15, -0.1) is 0 Å². The van der Waals surface area contributed by atoms with Gasteiger partial charge in [-0.3, -0.25) is 14.4 Å². The monoisotopic (exact) mass is 484 g/mol. The Morgan fingerprint density at radius 1 is 0.833 bits per heavy atom. The summed E-state index contributed by atoms with van der Waals surface area (Å²) in [5.74, 6) is -0.756. The number of aromatic nitrogens is 1. The number of hydrogen-bond donors (Lipinski definition) is 4. The van der Waals surface area contributed by atoms with E-state index >= 15 is 0 Å². The minimum atomic E-state index is -0.585. The summed E-state index contributed by atoms with van der Waals surface area (Å²) < 4.78 is 1.89. The molecule has 0 aliphatic carbocycles. The molecule has 3 aromatic carbocycles. The number of nitrogens with zero attached hydrogens (tertiary/aromatic N) is 1. The van der Waals surface area contributed by atoms with Crippen molar-refractivity contribution in [3.63, 3.8) is 0 Å². The van der Waals surface area contributed by atoms with Gasteiger partial charge in [-0.25, -0.2) is 0 Å². The number of hydrogen-bond acceptors (Lipinski definition) is 5. The first-order chi connectivity index (χ1) is 17.4. The van der Waals surface area contributed by atoms with Crippen molar-refractivity contribution < 1.29 is 14.7 Å². The highest BCUT2D eigenvalue weighted by Crippen LogP contribution is 2.22. The summed E-state index contributed by atoms with van der Waals surface area (Å²) in [6.07, 6.45) is 4.17. The van der Waals surface area contributed by atoms with Crippen LogP contribution >= 0.6 is 0 Å². The van der Waals surface area contributed by atoms with Crippen molar-refractivity contribution in [2.75, 3.05) is 16.4 Å². The molecule has 8 heteroatoms. The lowest BCUT2D eigenvalue weighted by Gasteiger charge is -2.14. The Kier molecular flexibility index (Phi) is 7.65. The third-order valence-electron chi connectivity index (χ3n) is 5.92. The zero-order chi connectivity index (χ0) is 25.5. The maximum Gasteiger partial charge on any atom is 0.261 e. The molecule has 8 nitrogen and oxygen atoms in total. The first kappa shape index (κ1) is 24.5. The molecule has 184 valence electrons. The molecule has 4 rings (SSSR count). The topological polar surface area (TPSA) is 126 Å². The van der Waals surface area contributed by atoms with Crippen LogP contribution in [0.4, 0.5) is 17.1 Å². The Bertz CT molecular complexity index is 1460. The molecule has 0 aliphatic heterocycles. The second kappa shape index (κ2) is 11.2. The summed E-state index contributed by atoms with van der Waals surface area (Å²) in [7, 11) is 0. The number of phenolic OH excluding ortho intramolecular Hbond substituents is 1. The lowest BCUT2D eigenvalue weighted by Crippen LogP contribution is -2.24. The number of pyridine rings is 1. The summed E-state index contributed by atoms with van der Waals surface area (Å²) in [5.41, 5.74) is 7.60. The zero-order valence-electron chi connectivity index (χ0n) is 19.7. The van der Waals surface area contributed by atoms with Crippen LogP contribution < -0.4 is 21.8 Å². The van der Waals surface area contributed by atoms with Gasteiger partial charge in [0.05, 0.1) is 22.6 Å². The SMILES string of the molecule is Nc1ccccc1NC(=O)CCCCCn1cc(C(=O)Nc2ccccc2O)c(=O)c2ccccc21. The van der Waals surface area contributed by atoms with Crippen molar-refractivity contribution >= 4 is 39.8 Å². The number of para-hydroxylation sites is 5. The van der Waals surface area contributed by atoms with Crippen LogP contribution in [0.5, 0.6) is 5.75 Å². The van der Waals surface area contributed by atoms with Crippen LogP contribution in [0.3, 0.4) is 0 Å². The fourth-order valence-electron chi connectivity index (χ4n) is 4.03. The summed E-state index contributed by atoms with van der Waals surface area (Å²) in [6, 6.07) is 20.6. The van der Waals surface area contributed by atoms with E-state index in [-0.39, 0.29) is 28.3 Å². The third kappa shape index (κ3) is 5.72. The van der Waals surface area contributed by atoms with Crippen LogP contribution in [-0.4, -0.2) is 21.5 Å². The van der Waals surface area contributed by atoms with E-state index in [2.05, 4.69) is 10.6 Å². The molecular formula is C28H28N4O4. The number of phenols is 1. The van der Waals surface area contributed by atoms with Crippen LogP contribution in [0.1, 0.15) is 36.0 Å². The number of nitrogen functional groups attached to an aromatic ring is 1. The summed E-state index contributed by atoms with van der Waals surface area (Å²) in [6.45, 7) is 0.574. The van der Waals surface area contributed by atoms with Crippen molar-refractivity contribution in [2.45, 2.75) is 32.2 Å². The van der Waals surface area contributed by atoms with Gasteiger partial charge in [-0.2, -0.15) is 0 Å². The Balaban J connectivity index is 1.41. The lowest BCUT2D eigenvalue weighted by molar-refractivity contribution is -0.116. The number of aryl methyl sites for hydroxylation is 1. The van der Waals surface area contributed by atoms with Gasteiger partial charge in [-0.05, 0) is 49.2 Å². The molecule has 0 saturated carbocycles. The van der Waals surface area contributed by atoms with E-state index in [4.69, 9.17) is 5.73 Å². The Hall–Kier alpha value is -4.59. The number of amides is 2. The highest BCUT2D eigenvalue weighted by molar-refractivity contribution is 6.06. The molecule has 0 fully saturated rings. The van der Waals surface area contributed by atoms with E-state index in [1.54, 1.807) is 48.7 Å². The molecule has 36 heavy (non-hydrogen) atoms. The molecule has 4 aromatic rings. The standard InChI is InChI=1S/C28H28N4O4/c29-21-11-4-5-12-22(21)30-26(34)16-2-1-9-17-32-18-20(27(35)19-10-3-7-14-24(19)32)28(36)31-23-13-6-8-15-25(23)33/h3-8,10-15,18,33H,1-2,9,16-17,29H2,(H,30,34)(H,31,36). The average Bonchev–Trinajstić information content (AvgIpc) is 2.88. The van der Waals surface area contributed by atoms with Crippen molar-refractivity contribution in [3.05, 3.63) is 94.8 Å². The number of benzene rings is 3. The fraction of sp³-hybridized carbons (Fsp3) is 0.179. The van der Waals surface area contributed by atoms with E-state index in [1.165, 1.54) is 6.07 Å². The molecular weight excluding hydrogens is 456 g/mol. The predicted octanol–water partition coefficient (Wildman–Crippen LogP) is 4.74. The van der Waals surface area contributed by atoms with Gasteiger partial charge in [0.2, 0.25) is 11.3 Å². The molecule has 5 N–H and O–H groups in total. The number of carbonyl (C=O) groups is 2. The second-order valence-corrected chi connectivity index (χ2v) is 8.50. The van der Waals surface area contributed by atoms with Crippen LogP contribution in [0.2, 0.25) is 0 Å². The van der Waals surface area contributed by atoms with E-state index in [0.29, 0.717) is 36.1 Å². The van der Waals surface area contributed by atoms with Gasteiger partial charge in [0.25, 0.3) is 5.91 Å². The van der Waals surface area contributed by atoms with Gasteiger partial charge in [0, 0.05) is 24.5 Å². The van der Waals surface area contributed by atoms with Crippen molar-refractivity contribution in [1.29, 1.82) is 0 Å². The lowest BCUT2D eigenvalue weighted by atomic mass is 10.1. The molecule has 0 unspecified atom stereocenters. The van der Waals surface area contributed by atoms with Gasteiger partial charge in [-0.1, -0.05) is 42.8 Å². The van der Waals surface area contributed by atoms with Crippen molar-refractivity contribution in [1.82, 2.24) is 4.57 Å². The molecule has 0 spiro atoms. The quantitative estimate of drug-likeness (QED) is 0.155. The predicted molar refractivity (Wildman–Crippen MR) is 142 cm³/mol. The van der Waals surface area contributed by atoms with Gasteiger partial charge in [0.15, 0.2) is 0 Å². The molecule has 0 aliphatic rings. The molecule has 0 atom stereocenters. The first-order valence-corrected chi connectivity index (χ1v) is 11.8. The highest BCUT2D eigenvalue weighted by Gasteiger charge is 2.16. The first-order valence-electron chi connectivity index (χ1n) is 11.8. The zero-order valence-corrected chi connectivity index (χ0v) is 19.7. The van der Waals surface area contributed by atoms with Crippen LogP contribution in [0.25, 0.3) is 10.9 Å². The number of unbranched alkanes of at least 4 members (excludes halogenated alkanes) is 2. The number of anilines is 3. The number of carbonyl (C=O) groups excluding carboxylic acids is 2. The third-order valence-corrected chi connectivity index (χ3v) is 5.92. The number of nitrogens with two attached hydrogens (primary N) is 1. The molecule has 0 bridgehead atoms. The van der Waals surface area contributed by atoms with E-state index in [1.807, 2.05) is 28.8 Å². The number of rotatable bonds is 9. The van der Waals surface area contributed by atoms with Crippen molar-refractivity contribution in [3.8, 4) is 5.75 Å².